The third kappa shape index (κ3) is 230. The van der Waals surface area contributed by atoms with E-state index < -0.39 is 15.6 Å². The molecule has 0 saturated heterocycles. The molecule has 0 aliphatic heterocycles. The first kappa shape index (κ1) is 36.1. The van der Waals surface area contributed by atoms with Crippen LogP contribution in [0.3, 0.4) is 0 Å². The summed E-state index contributed by atoms with van der Waals surface area (Å²) < 4.78 is 17.8. The number of halogens is 1. The topological polar surface area (TPSA) is 156 Å². The monoisotopic (exact) mass is 342 g/mol. The first-order chi connectivity index (χ1) is 4.00. The van der Waals surface area contributed by atoms with Crippen molar-refractivity contribution in [2.45, 2.75) is 0 Å². The van der Waals surface area contributed by atoms with Crippen molar-refractivity contribution in [1.29, 1.82) is 0 Å². The van der Waals surface area contributed by atoms with Crippen LogP contribution in [0.5, 0.6) is 0 Å². The SMILES string of the molecule is F.O=P(O)(O)O.O=P(O)(O)O.[Ca+2].[Ca+2].[Ca+2].[H-].[H-].[H-].[H-].[H-].[H-]. The van der Waals surface area contributed by atoms with Gasteiger partial charge < -0.3 is 37.9 Å². The van der Waals surface area contributed by atoms with Gasteiger partial charge in [-0.15, -0.1) is 0 Å². The Morgan fingerprint density at radius 2 is 0.643 bits per heavy atom. The predicted octanol–water partition coefficient (Wildman–Crippen LogP) is -2.17. The number of rotatable bonds is 0. The van der Waals surface area contributed by atoms with Crippen LogP contribution in [0, 0.1) is 0 Å². The van der Waals surface area contributed by atoms with Crippen molar-refractivity contribution in [3.8, 4) is 0 Å². The zero-order chi connectivity index (χ0) is 9.00. The molecule has 0 aliphatic rings. The molecule has 6 N–H and O–H groups in total. The van der Waals surface area contributed by atoms with E-state index >= 15 is 0 Å². The van der Waals surface area contributed by atoms with Gasteiger partial charge in [0.25, 0.3) is 0 Å². The first-order valence-corrected chi connectivity index (χ1v) is 4.70. The molecule has 14 heavy (non-hydrogen) atoms. The minimum Gasteiger partial charge on any atom is -1.00 e. The second-order valence-electron chi connectivity index (χ2n) is 1.03. The van der Waals surface area contributed by atoms with Crippen molar-refractivity contribution in [1.82, 2.24) is 0 Å². The summed E-state index contributed by atoms with van der Waals surface area (Å²) in [5.74, 6) is 0. The second kappa shape index (κ2) is 16.9. The van der Waals surface area contributed by atoms with Gasteiger partial charge >= 0.3 is 129 Å². The molecule has 0 bridgehead atoms. The van der Waals surface area contributed by atoms with Crippen LogP contribution in [0.15, 0.2) is 0 Å². The average molecular weight is 342 g/mol. The number of hydrogen-bond acceptors (Lipinski definition) is 2. The summed E-state index contributed by atoms with van der Waals surface area (Å²) in [5.41, 5.74) is 0. The molecular formula is H13Ca3FO8P2. The van der Waals surface area contributed by atoms with Crippen LogP contribution in [-0.4, -0.2) is 143 Å². The van der Waals surface area contributed by atoms with Gasteiger partial charge in [0.05, 0.1) is 0 Å². The van der Waals surface area contributed by atoms with E-state index in [1.807, 2.05) is 0 Å². The molecule has 0 rings (SSSR count). The molecule has 0 aromatic carbocycles. The average Bonchev–Trinajstić information content (AvgIpc) is 1.12. The van der Waals surface area contributed by atoms with E-state index in [1.54, 1.807) is 0 Å². The Morgan fingerprint density at radius 1 is 0.643 bits per heavy atom. The van der Waals surface area contributed by atoms with Crippen LogP contribution in [0.4, 0.5) is 4.70 Å². The molecule has 0 aromatic rings. The van der Waals surface area contributed by atoms with Gasteiger partial charge in [-0.25, -0.2) is 9.13 Å². The molecule has 0 heterocycles. The van der Waals surface area contributed by atoms with E-state index in [0.29, 0.717) is 0 Å². The molecule has 84 valence electrons. The fourth-order valence-electron chi connectivity index (χ4n) is 0. The van der Waals surface area contributed by atoms with Crippen LogP contribution in [0.2, 0.25) is 0 Å². The molecule has 0 spiro atoms. The van der Waals surface area contributed by atoms with Gasteiger partial charge in [-0.2, -0.15) is 0 Å². The molecule has 0 amide bonds. The van der Waals surface area contributed by atoms with Crippen molar-refractivity contribution in [2.75, 3.05) is 0 Å². The largest absolute Gasteiger partial charge is 2.00 e. The normalized spacial score (nSPS) is 8.43. The van der Waals surface area contributed by atoms with Gasteiger partial charge in [-0.05, 0) is 0 Å². The Kier molecular flexibility index (Phi) is 43.7. The second-order valence-corrected chi connectivity index (χ2v) is 3.08. The van der Waals surface area contributed by atoms with Gasteiger partial charge in [0.15, 0.2) is 0 Å². The predicted molar refractivity (Wildman–Crippen MR) is 55.0 cm³/mol. The third-order valence-corrected chi connectivity index (χ3v) is 0. The molecule has 0 unspecified atom stereocenters. The summed E-state index contributed by atoms with van der Waals surface area (Å²) in [5, 5.41) is 0. The number of hydrogen-bond donors (Lipinski definition) is 6. The molecule has 0 saturated carbocycles. The smallest absolute Gasteiger partial charge is 1.00 e. The fraction of sp³-hybridized carbons (Fsp3) is 0. The molecule has 0 aromatic heterocycles. The molecule has 0 radical (unpaired) electrons. The van der Waals surface area contributed by atoms with E-state index in [2.05, 4.69) is 0 Å². The summed E-state index contributed by atoms with van der Waals surface area (Å²) in [4.78, 5) is 43.1. The minimum atomic E-state index is -4.64. The molecule has 0 atom stereocenters. The van der Waals surface area contributed by atoms with Crippen LogP contribution in [-0.2, 0) is 9.13 Å². The Bertz CT molecular complexity index is 153. The Hall–Kier alpha value is 3.93. The summed E-state index contributed by atoms with van der Waals surface area (Å²) in [6.07, 6.45) is 0. The molecule has 0 aliphatic carbocycles. The van der Waals surface area contributed by atoms with Gasteiger partial charge in [0, 0.05) is 0 Å². The van der Waals surface area contributed by atoms with Gasteiger partial charge in [-0.3, -0.25) is 4.70 Å². The maximum atomic E-state index is 8.88. The van der Waals surface area contributed by atoms with Crippen LogP contribution < -0.4 is 0 Å². The van der Waals surface area contributed by atoms with E-state index in [-0.39, 0.29) is 126 Å². The summed E-state index contributed by atoms with van der Waals surface area (Å²) in [6, 6.07) is 0. The maximum Gasteiger partial charge on any atom is 2.00 e. The minimum absolute atomic E-state index is 0. The van der Waals surface area contributed by atoms with E-state index in [9.17, 15) is 0 Å². The fourth-order valence-corrected chi connectivity index (χ4v) is 0. The van der Waals surface area contributed by atoms with Crippen molar-refractivity contribution in [3.63, 3.8) is 0 Å². The molecular weight excluding hydrogens is 329 g/mol. The summed E-state index contributed by atoms with van der Waals surface area (Å²) in [6.45, 7) is 0. The Labute approximate surface area is 177 Å². The quantitative estimate of drug-likeness (QED) is 0.215. The van der Waals surface area contributed by atoms with Gasteiger partial charge in [-0.1, -0.05) is 0 Å². The van der Waals surface area contributed by atoms with Crippen molar-refractivity contribution >= 4 is 129 Å². The Balaban J connectivity index is -0.00000000427. The first-order valence-electron chi connectivity index (χ1n) is 1.57. The molecule has 0 fully saturated rings. The maximum absolute atomic E-state index is 8.88. The zero-order valence-corrected chi connectivity index (χ0v) is 15.3. The molecule has 8 nitrogen and oxygen atoms in total. The summed E-state index contributed by atoms with van der Waals surface area (Å²) >= 11 is 0. The van der Waals surface area contributed by atoms with Crippen LogP contribution in [0.25, 0.3) is 0 Å². The third-order valence-electron chi connectivity index (χ3n) is 0. The summed E-state index contributed by atoms with van der Waals surface area (Å²) in [7, 11) is -9.28. The Morgan fingerprint density at radius 3 is 0.643 bits per heavy atom. The van der Waals surface area contributed by atoms with Crippen LogP contribution in [0.1, 0.15) is 8.56 Å². The van der Waals surface area contributed by atoms with Gasteiger partial charge in [0.1, 0.15) is 0 Å². The van der Waals surface area contributed by atoms with E-state index in [0.717, 1.165) is 0 Å². The zero-order valence-electron chi connectivity index (χ0n) is 12.9. The standard InChI is InChI=1S/3Ca.FH.2H3O4P.6H/c;;;;2*1-5(2,3)4;;;;;;/h;;;1H;2*(H3,1,2,3,4);;;;;;/q3*+2;;;;6*-1. The van der Waals surface area contributed by atoms with Crippen molar-refractivity contribution in [3.05, 3.63) is 0 Å². The van der Waals surface area contributed by atoms with Crippen molar-refractivity contribution in [2.24, 2.45) is 0 Å². The van der Waals surface area contributed by atoms with Crippen LogP contribution >= 0.6 is 15.6 Å². The number of phosphoric acid groups is 2. The van der Waals surface area contributed by atoms with E-state index in [1.165, 1.54) is 0 Å². The molecule has 14 heteroatoms. The van der Waals surface area contributed by atoms with Crippen molar-refractivity contribution < 1.29 is 51.8 Å². The van der Waals surface area contributed by atoms with Gasteiger partial charge in [0.2, 0.25) is 0 Å². The van der Waals surface area contributed by atoms with E-state index in [4.69, 9.17) is 38.5 Å².